The summed E-state index contributed by atoms with van der Waals surface area (Å²) in [4.78, 5) is 26.1. The number of carbonyl (C=O) groups excluding carboxylic acids is 2. The Morgan fingerprint density at radius 2 is 2.22 bits per heavy atom. The number of likely N-dealkylation sites (tertiary alicyclic amines) is 1. The van der Waals surface area contributed by atoms with Crippen molar-refractivity contribution in [3.63, 3.8) is 0 Å². The summed E-state index contributed by atoms with van der Waals surface area (Å²) in [5, 5.41) is 3.40. The number of amides is 2. The van der Waals surface area contributed by atoms with Crippen molar-refractivity contribution >= 4 is 45.2 Å². The topological polar surface area (TPSA) is 58.6 Å². The number of halogens is 2. The Hall–Kier alpha value is -1.27. The fraction of sp³-hybridized carbons (Fsp3) is 0.500. The van der Waals surface area contributed by atoms with Crippen LogP contribution < -0.4 is 5.32 Å². The maximum atomic E-state index is 12.5. The molecule has 0 radical (unpaired) electrons. The molecule has 1 saturated heterocycles. The standard InChI is InChI=1S/C16H20BrClN2O3/c1-10(2)9-23-16(22)20-7-3-4-14(20)15(21)19-11-5-6-13(18)12(17)8-11/h5-6,8,10,14H,3-4,7,9H2,1-2H3,(H,19,21)/t14-/m0/s1. The van der Waals surface area contributed by atoms with Crippen LogP contribution >= 0.6 is 27.5 Å². The van der Waals surface area contributed by atoms with Crippen LogP contribution in [0.5, 0.6) is 0 Å². The van der Waals surface area contributed by atoms with E-state index in [0.717, 1.165) is 6.42 Å². The number of carbonyl (C=O) groups is 2. The summed E-state index contributed by atoms with van der Waals surface area (Å²) in [7, 11) is 0. The monoisotopic (exact) mass is 402 g/mol. The quantitative estimate of drug-likeness (QED) is 0.815. The summed E-state index contributed by atoms with van der Waals surface area (Å²) in [6, 6.07) is 4.66. The van der Waals surface area contributed by atoms with Gasteiger partial charge in [-0.05, 0) is 52.9 Å². The zero-order valence-electron chi connectivity index (χ0n) is 13.1. The Bertz CT molecular complexity index is 595. The van der Waals surface area contributed by atoms with E-state index in [9.17, 15) is 9.59 Å². The van der Waals surface area contributed by atoms with Crippen LogP contribution in [0, 0.1) is 5.92 Å². The van der Waals surface area contributed by atoms with Gasteiger partial charge in [0.15, 0.2) is 0 Å². The number of hydrogen-bond acceptors (Lipinski definition) is 3. The van der Waals surface area contributed by atoms with Gasteiger partial charge in [0.1, 0.15) is 6.04 Å². The van der Waals surface area contributed by atoms with Crippen LogP contribution in [0.2, 0.25) is 5.02 Å². The first-order chi connectivity index (χ1) is 10.9. The molecule has 0 saturated carbocycles. The Balaban J connectivity index is 1.99. The molecule has 1 fully saturated rings. The van der Waals surface area contributed by atoms with Crippen LogP contribution in [-0.2, 0) is 9.53 Å². The van der Waals surface area contributed by atoms with Gasteiger partial charge < -0.3 is 10.1 Å². The minimum atomic E-state index is -0.496. The van der Waals surface area contributed by atoms with Gasteiger partial charge in [0, 0.05) is 16.7 Å². The molecular weight excluding hydrogens is 384 g/mol. The first-order valence-electron chi connectivity index (χ1n) is 7.57. The third-order valence-electron chi connectivity index (χ3n) is 3.52. The van der Waals surface area contributed by atoms with Crippen molar-refractivity contribution in [3.05, 3.63) is 27.7 Å². The van der Waals surface area contributed by atoms with Gasteiger partial charge in [0.2, 0.25) is 5.91 Å². The van der Waals surface area contributed by atoms with Crippen molar-refractivity contribution in [2.24, 2.45) is 5.92 Å². The fourth-order valence-electron chi connectivity index (χ4n) is 2.38. The Kier molecular flexibility index (Phi) is 6.30. The van der Waals surface area contributed by atoms with Gasteiger partial charge in [-0.15, -0.1) is 0 Å². The second kappa shape index (κ2) is 8.02. The Morgan fingerprint density at radius 1 is 1.48 bits per heavy atom. The minimum absolute atomic E-state index is 0.210. The van der Waals surface area contributed by atoms with E-state index in [1.807, 2.05) is 13.8 Å². The molecule has 5 nitrogen and oxygen atoms in total. The first-order valence-corrected chi connectivity index (χ1v) is 8.75. The first kappa shape index (κ1) is 18.1. The van der Waals surface area contributed by atoms with Gasteiger partial charge in [-0.2, -0.15) is 0 Å². The molecule has 0 aliphatic carbocycles. The number of nitrogens with zero attached hydrogens (tertiary/aromatic N) is 1. The summed E-state index contributed by atoms with van der Waals surface area (Å²) >= 11 is 9.26. The van der Waals surface area contributed by atoms with Crippen LogP contribution in [-0.4, -0.2) is 36.1 Å². The average Bonchev–Trinajstić information content (AvgIpc) is 2.98. The van der Waals surface area contributed by atoms with Gasteiger partial charge in [-0.3, -0.25) is 9.69 Å². The zero-order valence-corrected chi connectivity index (χ0v) is 15.5. The van der Waals surface area contributed by atoms with E-state index in [1.165, 1.54) is 4.90 Å². The predicted octanol–water partition coefficient (Wildman–Crippen LogP) is 4.30. The molecule has 2 amide bonds. The SMILES string of the molecule is CC(C)COC(=O)N1CCC[C@H]1C(=O)Nc1ccc(Cl)c(Br)c1. The van der Waals surface area contributed by atoms with Crippen molar-refractivity contribution in [3.8, 4) is 0 Å². The van der Waals surface area contributed by atoms with E-state index in [2.05, 4.69) is 21.2 Å². The lowest BCUT2D eigenvalue weighted by molar-refractivity contribution is -0.120. The van der Waals surface area contributed by atoms with Crippen molar-refractivity contribution in [1.82, 2.24) is 4.90 Å². The molecule has 0 bridgehead atoms. The Labute approximate surface area is 149 Å². The highest BCUT2D eigenvalue weighted by molar-refractivity contribution is 9.10. The van der Waals surface area contributed by atoms with Crippen LogP contribution in [0.3, 0.4) is 0 Å². The van der Waals surface area contributed by atoms with Gasteiger partial charge in [0.05, 0.1) is 11.6 Å². The van der Waals surface area contributed by atoms with E-state index in [1.54, 1.807) is 18.2 Å². The summed E-state index contributed by atoms with van der Waals surface area (Å²) < 4.78 is 5.94. The van der Waals surface area contributed by atoms with Crippen molar-refractivity contribution < 1.29 is 14.3 Å². The van der Waals surface area contributed by atoms with Gasteiger partial charge >= 0.3 is 6.09 Å². The smallest absolute Gasteiger partial charge is 0.410 e. The van der Waals surface area contributed by atoms with E-state index in [0.29, 0.717) is 34.8 Å². The summed E-state index contributed by atoms with van der Waals surface area (Å²) in [6.07, 6.45) is 1.00. The molecule has 2 rings (SSSR count). The lowest BCUT2D eigenvalue weighted by atomic mass is 10.2. The zero-order chi connectivity index (χ0) is 17.0. The van der Waals surface area contributed by atoms with Crippen LogP contribution in [0.4, 0.5) is 10.5 Å². The minimum Gasteiger partial charge on any atom is -0.449 e. The molecule has 0 unspecified atom stereocenters. The number of ether oxygens (including phenoxy) is 1. The van der Waals surface area contributed by atoms with Crippen LogP contribution in [0.25, 0.3) is 0 Å². The number of nitrogens with one attached hydrogen (secondary N) is 1. The molecule has 1 aromatic rings. The van der Waals surface area contributed by atoms with Gasteiger partial charge in [-0.1, -0.05) is 25.4 Å². The third-order valence-corrected chi connectivity index (χ3v) is 4.73. The summed E-state index contributed by atoms with van der Waals surface area (Å²) in [5.41, 5.74) is 0.633. The van der Waals surface area contributed by atoms with Crippen LogP contribution in [0.1, 0.15) is 26.7 Å². The maximum Gasteiger partial charge on any atom is 0.410 e. The second-order valence-corrected chi connectivity index (χ2v) is 7.20. The average molecular weight is 404 g/mol. The molecule has 23 heavy (non-hydrogen) atoms. The highest BCUT2D eigenvalue weighted by atomic mass is 79.9. The van der Waals surface area contributed by atoms with E-state index >= 15 is 0 Å². The molecule has 1 atom stereocenters. The lowest BCUT2D eigenvalue weighted by Crippen LogP contribution is -2.43. The molecule has 0 spiro atoms. The van der Waals surface area contributed by atoms with Crippen LogP contribution in [0.15, 0.2) is 22.7 Å². The highest BCUT2D eigenvalue weighted by Crippen LogP contribution is 2.26. The molecule has 1 aromatic carbocycles. The fourth-order valence-corrected chi connectivity index (χ4v) is 2.87. The number of anilines is 1. The highest BCUT2D eigenvalue weighted by Gasteiger charge is 2.35. The van der Waals surface area contributed by atoms with Crippen molar-refractivity contribution in [2.45, 2.75) is 32.7 Å². The largest absolute Gasteiger partial charge is 0.449 e. The molecule has 126 valence electrons. The number of benzene rings is 1. The second-order valence-electron chi connectivity index (χ2n) is 5.94. The molecule has 1 aliphatic heterocycles. The lowest BCUT2D eigenvalue weighted by Gasteiger charge is -2.23. The van der Waals surface area contributed by atoms with Gasteiger partial charge in [0.25, 0.3) is 0 Å². The normalized spacial score (nSPS) is 17.4. The molecular formula is C16H20BrClN2O3. The molecule has 1 N–H and O–H groups in total. The Morgan fingerprint density at radius 3 is 2.87 bits per heavy atom. The summed E-state index contributed by atoms with van der Waals surface area (Å²) in [6.45, 7) is 4.84. The predicted molar refractivity (Wildman–Crippen MR) is 93.7 cm³/mol. The van der Waals surface area contributed by atoms with E-state index in [4.69, 9.17) is 16.3 Å². The van der Waals surface area contributed by atoms with E-state index < -0.39 is 12.1 Å². The number of hydrogen-bond donors (Lipinski definition) is 1. The molecule has 1 heterocycles. The van der Waals surface area contributed by atoms with Crippen molar-refractivity contribution in [2.75, 3.05) is 18.5 Å². The summed E-state index contributed by atoms with van der Waals surface area (Å²) in [5.74, 6) is 0.0541. The van der Waals surface area contributed by atoms with Gasteiger partial charge in [-0.25, -0.2) is 4.79 Å². The number of rotatable bonds is 4. The molecule has 0 aromatic heterocycles. The third kappa shape index (κ3) is 4.85. The van der Waals surface area contributed by atoms with Crippen molar-refractivity contribution in [1.29, 1.82) is 0 Å². The molecule has 1 aliphatic rings. The maximum absolute atomic E-state index is 12.5. The molecule has 7 heteroatoms. The van der Waals surface area contributed by atoms with E-state index in [-0.39, 0.29) is 11.8 Å².